The third-order valence-electron chi connectivity index (χ3n) is 4.73. The molecule has 0 radical (unpaired) electrons. The van der Waals surface area contributed by atoms with E-state index < -0.39 is 22.7 Å². The van der Waals surface area contributed by atoms with Gasteiger partial charge in [0.15, 0.2) is 0 Å². The molecular weight excluding hydrogens is 380 g/mol. The number of pyridine rings is 1. The Hall–Kier alpha value is -4.02. The van der Waals surface area contributed by atoms with Crippen LogP contribution in [0.4, 0.5) is 5.69 Å². The minimum atomic E-state index is -0.603. The van der Waals surface area contributed by atoms with Crippen LogP contribution in [0.15, 0.2) is 37.4 Å². The van der Waals surface area contributed by atoms with Crippen LogP contribution in [0.25, 0.3) is 22.1 Å². The fourth-order valence-electron chi connectivity index (χ4n) is 3.19. The zero-order chi connectivity index (χ0) is 21.0. The van der Waals surface area contributed by atoms with Crippen LogP contribution in [-0.4, -0.2) is 29.6 Å². The lowest BCUT2D eigenvalue weighted by molar-refractivity contribution is 0.102. The second kappa shape index (κ2) is 6.26. The lowest BCUT2D eigenvalue weighted by Crippen LogP contribution is -2.37. The van der Waals surface area contributed by atoms with Crippen LogP contribution in [0, 0.1) is 6.92 Å². The molecule has 0 unspecified atom stereocenters. The molecule has 1 N–H and O–H groups in total. The molecule has 0 saturated carbocycles. The molecule has 4 aromatic heterocycles. The van der Waals surface area contributed by atoms with Crippen LogP contribution < -0.4 is 22.1 Å². The summed E-state index contributed by atoms with van der Waals surface area (Å²) in [6.07, 6.45) is 2.63. The van der Waals surface area contributed by atoms with E-state index >= 15 is 0 Å². The summed E-state index contributed by atoms with van der Waals surface area (Å²) in [7, 11) is 4.38. The van der Waals surface area contributed by atoms with Gasteiger partial charge in [0.25, 0.3) is 17.0 Å². The Bertz CT molecular complexity index is 1500. The number of fused-ring (bicyclic) bond motifs is 2. The number of amides is 1. The zero-order valence-corrected chi connectivity index (χ0v) is 16.0. The van der Waals surface area contributed by atoms with Crippen molar-refractivity contribution in [3.63, 3.8) is 0 Å². The first-order valence-corrected chi connectivity index (χ1v) is 8.52. The molecule has 1 amide bonds. The number of carbonyl (C=O) groups excluding carboxylic acids is 1. The van der Waals surface area contributed by atoms with Crippen molar-refractivity contribution in [1.82, 2.24) is 23.7 Å². The van der Waals surface area contributed by atoms with Gasteiger partial charge in [0.1, 0.15) is 23.1 Å². The van der Waals surface area contributed by atoms with Crippen molar-refractivity contribution in [2.45, 2.75) is 6.92 Å². The molecule has 11 nitrogen and oxygen atoms in total. The first-order chi connectivity index (χ1) is 13.7. The molecule has 148 valence electrons. The lowest BCUT2D eigenvalue weighted by atomic mass is 10.1. The van der Waals surface area contributed by atoms with E-state index in [0.717, 1.165) is 4.57 Å². The van der Waals surface area contributed by atoms with Gasteiger partial charge in [0.2, 0.25) is 5.71 Å². The van der Waals surface area contributed by atoms with Gasteiger partial charge in [0, 0.05) is 21.1 Å². The predicted molar refractivity (Wildman–Crippen MR) is 104 cm³/mol. The van der Waals surface area contributed by atoms with Crippen LogP contribution >= 0.6 is 0 Å². The van der Waals surface area contributed by atoms with E-state index in [2.05, 4.69) is 15.3 Å². The van der Waals surface area contributed by atoms with E-state index in [1.165, 1.54) is 48.9 Å². The van der Waals surface area contributed by atoms with E-state index in [0.29, 0.717) is 0 Å². The average Bonchev–Trinajstić information content (AvgIpc) is 3.04. The Morgan fingerprint density at radius 3 is 2.52 bits per heavy atom. The number of furan rings is 1. The van der Waals surface area contributed by atoms with E-state index in [9.17, 15) is 19.2 Å². The van der Waals surface area contributed by atoms with Gasteiger partial charge in [-0.15, -0.1) is 0 Å². The summed E-state index contributed by atoms with van der Waals surface area (Å²) < 4.78 is 8.88. The Balaban J connectivity index is 1.83. The number of aromatic nitrogens is 5. The quantitative estimate of drug-likeness (QED) is 0.505. The largest absolute Gasteiger partial charge is 0.442 e. The molecule has 0 aliphatic heterocycles. The summed E-state index contributed by atoms with van der Waals surface area (Å²) >= 11 is 0. The second-order valence-electron chi connectivity index (χ2n) is 6.63. The van der Waals surface area contributed by atoms with Crippen molar-refractivity contribution in [3.8, 4) is 0 Å². The number of nitrogens with zero attached hydrogens (tertiary/aromatic N) is 5. The Kier molecular flexibility index (Phi) is 3.96. The third kappa shape index (κ3) is 2.66. The van der Waals surface area contributed by atoms with Gasteiger partial charge in [0.05, 0.1) is 22.8 Å². The van der Waals surface area contributed by atoms with E-state index in [1.54, 1.807) is 6.92 Å². The summed E-state index contributed by atoms with van der Waals surface area (Å²) in [5.41, 5.74) is -0.909. The van der Waals surface area contributed by atoms with Crippen molar-refractivity contribution in [2.24, 2.45) is 21.1 Å². The second-order valence-corrected chi connectivity index (χ2v) is 6.63. The molecule has 11 heteroatoms. The van der Waals surface area contributed by atoms with E-state index in [-0.39, 0.29) is 39.1 Å². The Labute approximate surface area is 161 Å². The maximum atomic E-state index is 12.9. The molecule has 0 aliphatic carbocycles. The highest BCUT2D eigenvalue weighted by atomic mass is 16.3. The van der Waals surface area contributed by atoms with Gasteiger partial charge >= 0.3 is 5.69 Å². The highest BCUT2D eigenvalue weighted by Crippen LogP contribution is 2.22. The van der Waals surface area contributed by atoms with E-state index in [4.69, 9.17) is 4.42 Å². The van der Waals surface area contributed by atoms with Gasteiger partial charge in [-0.3, -0.25) is 23.5 Å². The van der Waals surface area contributed by atoms with Crippen molar-refractivity contribution in [3.05, 3.63) is 61.1 Å². The summed E-state index contributed by atoms with van der Waals surface area (Å²) in [4.78, 5) is 57.9. The van der Waals surface area contributed by atoms with Crippen LogP contribution in [0.2, 0.25) is 0 Å². The summed E-state index contributed by atoms with van der Waals surface area (Å²) in [6.45, 7) is 1.56. The van der Waals surface area contributed by atoms with Gasteiger partial charge in [-0.25, -0.2) is 14.8 Å². The molecule has 29 heavy (non-hydrogen) atoms. The van der Waals surface area contributed by atoms with Crippen molar-refractivity contribution in [2.75, 3.05) is 5.32 Å². The van der Waals surface area contributed by atoms with Crippen molar-refractivity contribution in [1.29, 1.82) is 0 Å². The number of hydrogen-bond donors (Lipinski definition) is 1. The fourth-order valence-corrected chi connectivity index (χ4v) is 3.19. The topological polar surface area (TPSA) is 134 Å². The maximum Gasteiger partial charge on any atom is 0.332 e. The van der Waals surface area contributed by atoms with Crippen molar-refractivity contribution >= 4 is 33.7 Å². The van der Waals surface area contributed by atoms with Crippen LogP contribution in [0.1, 0.15) is 16.1 Å². The lowest BCUT2D eigenvalue weighted by Gasteiger charge is -2.09. The molecule has 4 aromatic rings. The minimum Gasteiger partial charge on any atom is -0.442 e. The molecule has 0 saturated heterocycles. The highest BCUT2D eigenvalue weighted by molar-refractivity contribution is 6.12. The Morgan fingerprint density at radius 2 is 1.79 bits per heavy atom. The van der Waals surface area contributed by atoms with Crippen molar-refractivity contribution < 1.29 is 9.21 Å². The zero-order valence-electron chi connectivity index (χ0n) is 16.0. The molecule has 0 aliphatic rings. The molecule has 0 fully saturated rings. The number of hydrogen-bond acceptors (Lipinski definition) is 7. The monoisotopic (exact) mass is 396 g/mol. The molecule has 0 atom stereocenters. The number of aryl methyl sites for hydroxylation is 3. The predicted octanol–water partition coefficient (Wildman–Crippen LogP) is 0.0328. The minimum absolute atomic E-state index is 0.0576. The van der Waals surface area contributed by atoms with Gasteiger partial charge in [-0.1, -0.05) is 0 Å². The standard InChI is InChI=1S/C18H16N6O5/c1-8-11(12-15(29-8)20-7-22(2)17(12)27)14(25)21-9-5-10-13(19-6-9)23(3)18(28)24(4)16(10)26/h5-7H,1-4H3,(H,21,25). The highest BCUT2D eigenvalue weighted by Gasteiger charge is 2.23. The molecular formula is C18H16N6O5. The molecule has 4 heterocycles. The molecule has 0 aromatic carbocycles. The normalized spacial score (nSPS) is 11.3. The fraction of sp³-hybridized carbons (Fsp3) is 0.222. The van der Waals surface area contributed by atoms with E-state index in [1.807, 2.05) is 0 Å². The van der Waals surface area contributed by atoms with Gasteiger partial charge in [-0.2, -0.15) is 0 Å². The smallest absolute Gasteiger partial charge is 0.332 e. The molecule has 0 bridgehead atoms. The summed E-state index contributed by atoms with van der Waals surface area (Å²) in [5.74, 6) is -0.366. The third-order valence-corrected chi connectivity index (χ3v) is 4.73. The Morgan fingerprint density at radius 1 is 1.07 bits per heavy atom. The van der Waals surface area contributed by atoms with Crippen LogP contribution in [0.5, 0.6) is 0 Å². The summed E-state index contributed by atoms with van der Waals surface area (Å²) in [6, 6.07) is 1.43. The molecule has 0 spiro atoms. The summed E-state index contributed by atoms with van der Waals surface area (Å²) in [5, 5.41) is 2.86. The first kappa shape index (κ1) is 18.3. The van der Waals surface area contributed by atoms with Gasteiger partial charge < -0.3 is 14.3 Å². The first-order valence-electron chi connectivity index (χ1n) is 8.52. The molecule has 4 rings (SSSR count). The van der Waals surface area contributed by atoms with Crippen LogP contribution in [0.3, 0.4) is 0 Å². The number of carbonyl (C=O) groups is 1. The van der Waals surface area contributed by atoms with Crippen LogP contribution in [-0.2, 0) is 21.1 Å². The van der Waals surface area contributed by atoms with Gasteiger partial charge in [-0.05, 0) is 13.0 Å². The average molecular weight is 396 g/mol. The maximum absolute atomic E-state index is 12.9. The SMILES string of the molecule is Cc1oc2ncn(C)c(=O)c2c1C(=O)Nc1cnc2c(c1)c(=O)n(C)c(=O)n2C. The number of anilines is 1. The number of rotatable bonds is 2. The number of nitrogens with one attached hydrogen (secondary N) is 1.